The summed E-state index contributed by atoms with van der Waals surface area (Å²) in [5.41, 5.74) is 3.46. The van der Waals surface area contributed by atoms with Crippen LogP contribution in [-0.2, 0) is 14.8 Å². The van der Waals surface area contributed by atoms with Crippen molar-refractivity contribution in [2.24, 2.45) is 0 Å². The van der Waals surface area contributed by atoms with E-state index in [0.29, 0.717) is 12.3 Å². The SMILES string of the molecule is O=C(Nc1ccc(-c2cn3ccccc3n2)cc1)c1cccc(S(=O)(=O)NCC2CCCO2)c1. The van der Waals surface area contributed by atoms with E-state index in [4.69, 9.17) is 4.74 Å². The highest BCUT2D eigenvalue weighted by molar-refractivity contribution is 7.89. The van der Waals surface area contributed by atoms with Gasteiger partial charge in [-0.3, -0.25) is 4.79 Å². The molecule has 1 unspecified atom stereocenters. The van der Waals surface area contributed by atoms with Crippen LogP contribution in [0.3, 0.4) is 0 Å². The second-order valence-corrected chi connectivity index (χ2v) is 9.91. The second-order valence-electron chi connectivity index (χ2n) is 8.14. The molecule has 1 atom stereocenters. The summed E-state index contributed by atoms with van der Waals surface area (Å²) in [6.07, 6.45) is 5.54. The third kappa shape index (κ3) is 4.86. The maximum atomic E-state index is 12.8. The van der Waals surface area contributed by atoms with Crippen molar-refractivity contribution in [1.29, 1.82) is 0 Å². The summed E-state index contributed by atoms with van der Waals surface area (Å²) in [6, 6.07) is 19.1. The molecule has 1 amide bonds. The van der Waals surface area contributed by atoms with E-state index in [1.165, 1.54) is 12.1 Å². The number of nitrogens with one attached hydrogen (secondary N) is 2. The first-order valence-corrected chi connectivity index (χ1v) is 12.5. The Hall–Kier alpha value is -3.53. The largest absolute Gasteiger partial charge is 0.377 e. The molecule has 0 aliphatic carbocycles. The lowest BCUT2D eigenvalue weighted by Crippen LogP contribution is -2.32. The van der Waals surface area contributed by atoms with Gasteiger partial charge >= 0.3 is 0 Å². The summed E-state index contributed by atoms with van der Waals surface area (Å²) in [5, 5.41) is 2.82. The van der Waals surface area contributed by atoms with Crippen LogP contribution >= 0.6 is 0 Å². The zero-order chi connectivity index (χ0) is 23.5. The molecule has 1 saturated heterocycles. The number of imidazole rings is 1. The molecule has 2 aromatic carbocycles. The number of carbonyl (C=O) groups is 1. The maximum Gasteiger partial charge on any atom is 0.255 e. The molecular formula is C25H24N4O4S. The summed E-state index contributed by atoms with van der Waals surface area (Å²) in [7, 11) is -3.74. The third-order valence-corrected chi connectivity index (χ3v) is 7.16. The highest BCUT2D eigenvalue weighted by Gasteiger charge is 2.21. The van der Waals surface area contributed by atoms with Crippen molar-refractivity contribution in [2.75, 3.05) is 18.5 Å². The van der Waals surface area contributed by atoms with E-state index in [1.807, 2.05) is 47.1 Å². The summed E-state index contributed by atoms with van der Waals surface area (Å²) >= 11 is 0. The normalized spacial score (nSPS) is 16.1. The van der Waals surface area contributed by atoms with Gasteiger partial charge in [-0.25, -0.2) is 18.1 Å². The Morgan fingerprint density at radius 3 is 2.71 bits per heavy atom. The molecular weight excluding hydrogens is 452 g/mol. The number of benzene rings is 2. The minimum absolute atomic E-state index is 0.0420. The Bertz CT molecular complexity index is 1390. The summed E-state index contributed by atoms with van der Waals surface area (Å²) in [6.45, 7) is 0.874. The first-order chi connectivity index (χ1) is 16.5. The molecule has 0 radical (unpaired) electrons. The standard InChI is InChI=1S/C25H24N4O4S/c30-25(19-5-3-7-22(15-19)34(31,32)26-16-21-6-4-14-33-21)27-20-11-9-18(10-12-20)23-17-29-13-2-1-8-24(29)28-23/h1-3,5,7-13,15,17,21,26H,4,6,14,16H2,(H,27,30). The van der Waals surface area contributed by atoms with E-state index in [-0.39, 0.29) is 23.1 Å². The van der Waals surface area contributed by atoms with Crippen molar-refractivity contribution >= 4 is 27.3 Å². The van der Waals surface area contributed by atoms with Gasteiger partial charge in [-0.2, -0.15) is 0 Å². The Labute approximate surface area is 197 Å². The lowest BCUT2D eigenvalue weighted by atomic mass is 10.1. The van der Waals surface area contributed by atoms with Gasteiger partial charge in [-0.05, 0) is 55.3 Å². The number of rotatable bonds is 7. The minimum atomic E-state index is -3.74. The van der Waals surface area contributed by atoms with Gasteiger partial charge < -0.3 is 14.5 Å². The lowest BCUT2D eigenvalue weighted by molar-refractivity contribution is 0.102. The smallest absolute Gasteiger partial charge is 0.255 e. The van der Waals surface area contributed by atoms with Crippen molar-refractivity contribution in [1.82, 2.24) is 14.1 Å². The molecule has 0 spiro atoms. The summed E-state index contributed by atoms with van der Waals surface area (Å²) < 4.78 is 35.3. The molecule has 174 valence electrons. The Balaban J connectivity index is 1.26. The number of carbonyl (C=O) groups excluding carboxylic acids is 1. The van der Waals surface area contributed by atoms with Gasteiger partial charge in [0.1, 0.15) is 5.65 Å². The van der Waals surface area contributed by atoms with Crippen LogP contribution < -0.4 is 10.0 Å². The van der Waals surface area contributed by atoms with Crippen LogP contribution in [0, 0.1) is 0 Å². The van der Waals surface area contributed by atoms with Crippen LogP contribution in [0.15, 0.2) is 84.0 Å². The van der Waals surface area contributed by atoms with Crippen LogP contribution in [0.2, 0.25) is 0 Å². The predicted octanol–water partition coefficient (Wildman–Crippen LogP) is 3.71. The van der Waals surface area contributed by atoms with Crippen LogP contribution in [-0.4, -0.2) is 43.0 Å². The van der Waals surface area contributed by atoms with Crippen molar-refractivity contribution in [3.05, 3.63) is 84.7 Å². The number of nitrogens with zero attached hydrogens (tertiary/aromatic N) is 2. The van der Waals surface area contributed by atoms with E-state index < -0.39 is 15.9 Å². The van der Waals surface area contributed by atoms with Crippen molar-refractivity contribution in [2.45, 2.75) is 23.8 Å². The molecule has 1 fully saturated rings. The first-order valence-electron chi connectivity index (χ1n) is 11.0. The van der Waals surface area contributed by atoms with E-state index in [9.17, 15) is 13.2 Å². The minimum Gasteiger partial charge on any atom is -0.377 e. The number of anilines is 1. The van der Waals surface area contributed by atoms with Crippen LogP contribution in [0.1, 0.15) is 23.2 Å². The molecule has 8 nitrogen and oxygen atoms in total. The van der Waals surface area contributed by atoms with Gasteiger partial charge in [-0.1, -0.05) is 24.3 Å². The number of aromatic nitrogens is 2. The third-order valence-electron chi connectivity index (χ3n) is 5.73. The monoisotopic (exact) mass is 476 g/mol. The molecule has 2 aromatic heterocycles. The van der Waals surface area contributed by atoms with E-state index in [0.717, 1.165) is 29.7 Å². The van der Waals surface area contributed by atoms with Gasteiger partial charge in [0.2, 0.25) is 10.0 Å². The maximum absolute atomic E-state index is 12.8. The number of fused-ring (bicyclic) bond motifs is 1. The molecule has 4 aromatic rings. The van der Waals surface area contributed by atoms with Crippen molar-refractivity contribution < 1.29 is 17.9 Å². The van der Waals surface area contributed by atoms with Gasteiger partial charge in [0.25, 0.3) is 5.91 Å². The second kappa shape index (κ2) is 9.38. The summed E-state index contributed by atoms with van der Waals surface area (Å²) in [5.74, 6) is -0.392. The first kappa shape index (κ1) is 22.3. The quantitative estimate of drug-likeness (QED) is 0.423. The average Bonchev–Trinajstić information content (AvgIpc) is 3.53. The molecule has 5 rings (SSSR count). The Kier molecular flexibility index (Phi) is 6.14. The fourth-order valence-corrected chi connectivity index (χ4v) is 5.01. The van der Waals surface area contributed by atoms with E-state index in [2.05, 4.69) is 15.0 Å². The molecule has 0 bridgehead atoms. The fourth-order valence-electron chi connectivity index (χ4n) is 3.90. The highest BCUT2D eigenvalue weighted by atomic mass is 32.2. The Morgan fingerprint density at radius 1 is 1.09 bits per heavy atom. The van der Waals surface area contributed by atoms with Crippen molar-refractivity contribution in [3.8, 4) is 11.3 Å². The van der Waals surface area contributed by atoms with Gasteiger partial charge in [0.05, 0.1) is 16.7 Å². The number of ether oxygens (including phenoxy) is 1. The van der Waals surface area contributed by atoms with E-state index >= 15 is 0 Å². The molecule has 9 heteroatoms. The van der Waals surface area contributed by atoms with E-state index in [1.54, 1.807) is 24.3 Å². The molecule has 0 saturated carbocycles. The predicted molar refractivity (Wildman–Crippen MR) is 129 cm³/mol. The lowest BCUT2D eigenvalue weighted by Gasteiger charge is -2.12. The molecule has 34 heavy (non-hydrogen) atoms. The molecule has 1 aliphatic rings. The number of pyridine rings is 1. The van der Waals surface area contributed by atoms with Crippen molar-refractivity contribution in [3.63, 3.8) is 0 Å². The average molecular weight is 477 g/mol. The molecule has 2 N–H and O–H groups in total. The van der Waals surface area contributed by atoms with Gasteiger partial charge in [0.15, 0.2) is 0 Å². The van der Waals surface area contributed by atoms with Crippen LogP contribution in [0.4, 0.5) is 5.69 Å². The number of hydrogen-bond acceptors (Lipinski definition) is 5. The number of amides is 1. The van der Waals surface area contributed by atoms with Gasteiger partial charge in [-0.15, -0.1) is 0 Å². The zero-order valence-electron chi connectivity index (χ0n) is 18.3. The summed E-state index contributed by atoms with van der Waals surface area (Å²) in [4.78, 5) is 17.4. The Morgan fingerprint density at radius 2 is 1.94 bits per heavy atom. The highest BCUT2D eigenvalue weighted by Crippen LogP contribution is 2.22. The number of sulfonamides is 1. The number of hydrogen-bond donors (Lipinski definition) is 2. The fraction of sp³-hybridized carbons (Fsp3) is 0.200. The van der Waals surface area contributed by atoms with Crippen LogP contribution in [0.25, 0.3) is 16.9 Å². The zero-order valence-corrected chi connectivity index (χ0v) is 19.2. The molecule has 3 heterocycles. The molecule has 1 aliphatic heterocycles. The van der Waals surface area contributed by atoms with Crippen LogP contribution in [0.5, 0.6) is 0 Å². The topological polar surface area (TPSA) is 102 Å². The van der Waals surface area contributed by atoms with Gasteiger partial charge in [0, 0.05) is 42.4 Å².